The summed E-state index contributed by atoms with van der Waals surface area (Å²) in [5.74, 6) is 0.294. The Bertz CT molecular complexity index is 540. The molecule has 0 spiro atoms. The number of anilines is 2. The lowest BCUT2D eigenvalue weighted by atomic mass is 10.2. The van der Waals surface area contributed by atoms with Crippen LogP contribution in [0.2, 0.25) is 0 Å². The van der Waals surface area contributed by atoms with Gasteiger partial charge in [-0.3, -0.25) is 0 Å². The first-order valence-electron chi connectivity index (χ1n) is 6.05. The van der Waals surface area contributed by atoms with Crippen molar-refractivity contribution in [3.63, 3.8) is 0 Å². The molecular weight excluding hydrogens is 250 g/mol. The number of hydrogen-bond acceptors (Lipinski definition) is 4. The van der Waals surface area contributed by atoms with Gasteiger partial charge in [0.25, 0.3) is 0 Å². The predicted molar refractivity (Wildman–Crippen MR) is 72.9 cm³/mol. The summed E-state index contributed by atoms with van der Waals surface area (Å²) < 4.78 is 26.6. The second kappa shape index (κ2) is 4.78. The Labute approximate surface area is 108 Å². The van der Waals surface area contributed by atoms with E-state index in [1.165, 1.54) is 10.4 Å². The number of fused-ring (bicyclic) bond motifs is 1. The topological polar surface area (TPSA) is 75.4 Å². The number of sulfonamides is 1. The van der Waals surface area contributed by atoms with Crippen molar-refractivity contribution in [1.82, 2.24) is 4.31 Å². The van der Waals surface area contributed by atoms with Crippen LogP contribution in [0.15, 0.2) is 23.1 Å². The summed E-state index contributed by atoms with van der Waals surface area (Å²) in [6, 6.07) is 4.96. The molecule has 1 aliphatic heterocycles. The molecule has 0 radical (unpaired) electrons. The smallest absolute Gasteiger partial charge is 0.245 e. The van der Waals surface area contributed by atoms with E-state index in [-0.39, 0.29) is 4.90 Å². The molecule has 6 heteroatoms. The van der Waals surface area contributed by atoms with Crippen molar-refractivity contribution in [2.24, 2.45) is 5.92 Å². The molecule has 5 nitrogen and oxygen atoms in total. The normalized spacial score (nSPS) is 19.1. The second-order valence-corrected chi connectivity index (χ2v) is 6.85. The minimum Gasteiger partial charge on any atom is -0.399 e. The van der Waals surface area contributed by atoms with Crippen molar-refractivity contribution in [3.8, 4) is 0 Å². The molecule has 0 saturated heterocycles. The van der Waals surface area contributed by atoms with E-state index in [1.807, 2.05) is 13.8 Å². The molecule has 2 rings (SSSR count). The predicted octanol–water partition coefficient (Wildman–Crippen LogP) is 1.34. The zero-order valence-corrected chi connectivity index (χ0v) is 11.5. The summed E-state index contributed by atoms with van der Waals surface area (Å²) in [4.78, 5) is 0.278. The molecule has 1 aromatic carbocycles. The first-order chi connectivity index (χ1) is 8.41. The van der Waals surface area contributed by atoms with Gasteiger partial charge in [0, 0.05) is 25.3 Å². The van der Waals surface area contributed by atoms with Gasteiger partial charge in [-0.05, 0) is 24.1 Å². The van der Waals surface area contributed by atoms with Crippen molar-refractivity contribution >= 4 is 21.4 Å². The molecule has 0 bridgehead atoms. The van der Waals surface area contributed by atoms with Crippen LogP contribution in [0.4, 0.5) is 11.4 Å². The minimum atomic E-state index is -3.45. The fourth-order valence-corrected chi connectivity index (χ4v) is 3.88. The van der Waals surface area contributed by atoms with Crippen molar-refractivity contribution in [3.05, 3.63) is 18.2 Å². The van der Waals surface area contributed by atoms with Crippen LogP contribution >= 0.6 is 0 Å². The van der Waals surface area contributed by atoms with Gasteiger partial charge < -0.3 is 11.1 Å². The van der Waals surface area contributed by atoms with Crippen molar-refractivity contribution in [2.75, 3.05) is 30.7 Å². The van der Waals surface area contributed by atoms with Crippen LogP contribution in [-0.4, -0.2) is 32.4 Å². The Morgan fingerprint density at radius 1 is 1.44 bits per heavy atom. The van der Waals surface area contributed by atoms with Crippen LogP contribution in [0, 0.1) is 5.92 Å². The highest BCUT2D eigenvalue weighted by Gasteiger charge is 2.29. The number of benzene rings is 1. The molecule has 0 aromatic heterocycles. The molecule has 3 N–H and O–H groups in total. The van der Waals surface area contributed by atoms with Crippen molar-refractivity contribution < 1.29 is 8.42 Å². The Kier molecular flexibility index (Phi) is 3.49. The zero-order valence-electron chi connectivity index (χ0n) is 10.7. The Hall–Kier alpha value is -1.27. The van der Waals surface area contributed by atoms with Crippen LogP contribution in [-0.2, 0) is 10.0 Å². The molecule has 0 fully saturated rings. The van der Waals surface area contributed by atoms with E-state index in [0.29, 0.717) is 36.9 Å². The van der Waals surface area contributed by atoms with Gasteiger partial charge in [0.2, 0.25) is 10.0 Å². The molecule has 0 unspecified atom stereocenters. The van der Waals surface area contributed by atoms with Gasteiger partial charge in [-0.25, -0.2) is 8.42 Å². The monoisotopic (exact) mass is 269 g/mol. The van der Waals surface area contributed by atoms with Gasteiger partial charge in [-0.1, -0.05) is 13.8 Å². The lowest BCUT2D eigenvalue weighted by molar-refractivity contribution is 0.379. The third-order valence-electron chi connectivity index (χ3n) is 2.87. The highest BCUT2D eigenvalue weighted by atomic mass is 32.2. The van der Waals surface area contributed by atoms with Crippen LogP contribution in [0.5, 0.6) is 0 Å². The molecule has 100 valence electrons. The van der Waals surface area contributed by atoms with E-state index in [4.69, 9.17) is 5.73 Å². The van der Waals surface area contributed by atoms with Gasteiger partial charge in [0.05, 0.1) is 5.69 Å². The average molecular weight is 269 g/mol. The molecule has 0 amide bonds. The van der Waals surface area contributed by atoms with Gasteiger partial charge in [0.1, 0.15) is 4.90 Å². The van der Waals surface area contributed by atoms with E-state index in [1.54, 1.807) is 12.1 Å². The average Bonchev–Trinajstić information content (AvgIpc) is 2.38. The summed E-state index contributed by atoms with van der Waals surface area (Å²) >= 11 is 0. The summed E-state index contributed by atoms with van der Waals surface area (Å²) in [6.45, 7) is 5.64. The van der Waals surface area contributed by atoms with E-state index in [0.717, 1.165) is 0 Å². The molecular formula is C12H19N3O2S. The van der Waals surface area contributed by atoms with E-state index < -0.39 is 10.0 Å². The molecule has 1 heterocycles. The highest BCUT2D eigenvalue weighted by molar-refractivity contribution is 7.89. The Morgan fingerprint density at radius 2 is 2.17 bits per heavy atom. The van der Waals surface area contributed by atoms with Gasteiger partial charge >= 0.3 is 0 Å². The first kappa shape index (κ1) is 13.2. The standard InChI is InChI=1S/C12H19N3O2S/c1-9(2)8-15-6-5-14-11-4-3-10(13)7-12(11)18(15,16)17/h3-4,7,9,14H,5-6,8,13H2,1-2H3. The van der Waals surface area contributed by atoms with E-state index >= 15 is 0 Å². The fraction of sp³-hybridized carbons (Fsp3) is 0.500. The third kappa shape index (κ3) is 2.44. The van der Waals surface area contributed by atoms with Crippen LogP contribution in [0.1, 0.15) is 13.8 Å². The Morgan fingerprint density at radius 3 is 2.83 bits per heavy atom. The maximum atomic E-state index is 12.5. The molecule has 1 aromatic rings. The molecule has 1 aliphatic rings. The number of nitrogens with two attached hydrogens (primary N) is 1. The highest BCUT2D eigenvalue weighted by Crippen LogP contribution is 2.29. The van der Waals surface area contributed by atoms with Gasteiger partial charge in [0.15, 0.2) is 0 Å². The number of hydrogen-bond donors (Lipinski definition) is 2. The number of rotatable bonds is 2. The lowest BCUT2D eigenvalue weighted by Crippen LogP contribution is -2.35. The summed E-state index contributed by atoms with van der Waals surface area (Å²) in [5, 5.41) is 3.13. The molecule has 0 aliphatic carbocycles. The fourth-order valence-electron chi connectivity index (χ4n) is 2.07. The lowest BCUT2D eigenvalue weighted by Gasteiger charge is -2.21. The van der Waals surface area contributed by atoms with Crippen LogP contribution in [0.25, 0.3) is 0 Å². The van der Waals surface area contributed by atoms with Gasteiger partial charge in [-0.15, -0.1) is 0 Å². The van der Waals surface area contributed by atoms with Crippen LogP contribution < -0.4 is 11.1 Å². The molecule has 18 heavy (non-hydrogen) atoms. The van der Waals surface area contributed by atoms with E-state index in [9.17, 15) is 8.42 Å². The number of nitrogens with one attached hydrogen (secondary N) is 1. The maximum absolute atomic E-state index is 12.5. The minimum absolute atomic E-state index is 0.278. The second-order valence-electron chi connectivity index (χ2n) is 4.94. The van der Waals surface area contributed by atoms with Gasteiger partial charge in [-0.2, -0.15) is 4.31 Å². The van der Waals surface area contributed by atoms with Crippen molar-refractivity contribution in [2.45, 2.75) is 18.7 Å². The molecule has 0 saturated carbocycles. The number of nitrogens with zero attached hydrogens (tertiary/aromatic N) is 1. The summed E-state index contributed by atoms with van der Waals surface area (Å²) in [6.07, 6.45) is 0. The van der Waals surface area contributed by atoms with Crippen molar-refractivity contribution in [1.29, 1.82) is 0 Å². The first-order valence-corrected chi connectivity index (χ1v) is 7.49. The maximum Gasteiger partial charge on any atom is 0.245 e. The quantitative estimate of drug-likeness (QED) is 0.794. The zero-order chi connectivity index (χ0) is 13.3. The molecule has 0 atom stereocenters. The number of nitrogen functional groups attached to an aromatic ring is 1. The summed E-state index contributed by atoms with van der Waals surface area (Å²) in [5.41, 5.74) is 6.79. The van der Waals surface area contributed by atoms with E-state index in [2.05, 4.69) is 5.32 Å². The largest absolute Gasteiger partial charge is 0.399 e. The third-order valence-corrected chi connectivity index (χ3v) is 4.77. The SMILES string of the molecule is CC(C)CN1CCNc2ccc(N)cc2S1(=O)=O. The van der Waals surface area contributed by atoms with Crippen LogP contribution in [0.3, 0.4) is 0 Å². The Balaban J connectivity index is 2.48. The summed E-state index contributed by atoms with van der Waals surface area (Å²) in [7, 11) is -3.45.